The summed E-state index contributed by atoms with van der Waals surface area (Å²) in [7, 11) is 0. The van der Waals surface area contributed by atoms with E-state index in [9.17, 15) is 9.90 Å². The number of carbonyl (C=O) groups is 1. The van der Waals surface area contributed by atoms with Crippen LogP contribution in [0.25, 0.3) is 0 Å². The fourth-order valence-corrected chi connectivity index (χ4v) is 3.34. The van der Waals surface area contributed by atoms with Gasteiger partial charge < -0.3 is 15.3 Å². The molecule has 0 radical (unpaired) electrons. The van der Waals surface area contributed by atoms with Crippen LogP contribution in [0, 0.1) is 0 Å². The van der Waals surface area contributed by atoms with Crippen LogP contribution >= 0.6 is 0 Å². The SMILES string of the molecule is O=C(CCN(CCO)Cc1cnn(Cc2ccccc2)c1)N1CCNCC1. The summed E-state index contributed by atoms with van der Waals surface area (Å²) in [6.45, 7) is 6.01. The molecule has 1 saturated heterocycles. The highest BCUT2D eigenvalue weighted by Crippen LogP contribution is 2.08. The van der Waals surface area contributed by atoms with Crippen LogP contribution in [-0.2, 0) is 17.9 Å². The predicted octanol–water partition coefficient (Wildman–Crippen LogP) is 0.548. The van der Waals surface area contributed by atoms with Crippen LogP contribution in [0.15, 0.2) is 42.7 Å². The summed E-state index contributed by atoms with van der Waals surface area (Å²) >= 11 is 0. The zero-order valence-electron chi connectivity index (χ0n) is 15.8. The van der Waals surface area contributed by atoms with Gasteiger partial charge in [0.05, 0.1) is 19.3 Å². The molecule has 3 rings (SSSR count). The lowest BCUT2D eigenvalue weighted by Gasteiger charge is -2.28. The van der Waals surface area contributed by atoms with Crippen LogP contribution in [0.3, 0.4) is 0 Å². The summed E-state index contributed by atoms with van der Waals surface area (Å²) < 4.78 is 1.92. The van der Waals surface area contributed by atoms with Crippen LogP contribution in [0.5, 0.6) is 0 Å². The minimum Gasteiger partial charge on any atom is -0.395 e. The number of amides is 1. The normalized spacial score (nSPS) is 14.7. The van der Waals surface area contributed by atoms with E-state index in [1.165, 1.54) is 5.56 Å². The summed E-state index contributed by atoms with van der Waals surface area (Å²) in [5.41, 5.74) is 2.30. The number of benzene rings is 1. The number of aliphatic hydroxyl groups is 1. The van der Waals surface area contributed by atoms with Crippen LogP contribution in [0.2, 0.25) is 0 Å². The van der Waals surface area contributed by atoms with Gasteiger partial charge in [-0.25, -0.2) is 0 Å². The molecule has 1 aliphatic heterocycles. The van der Waals surface area contributed by atoms with Gasteiger partial charge in [0.15, 0.2) is 0 Å². The molecule has 1 aromatic carbocycles. The van der Waals surface area contributed by atoms with Crippen molar-refractivity contribution in [3.8, 4) is 0 Å². The lowest BCUT2D eigenvalue weighted by molar-refractivity contribution is -0.132. The molecule has 0 atom stereocenters. The molecule has 0 spiro atoms. The van der Waals surface area contributed by atoms with Gasteiger partial charge in [0.25, 0.3) is 0 Å². The second-order valence-corrected chi connectivity index (χ2v) is 6.91. The van der Waals surface area contributed by atoms with Crippen molar-refractivity contribution in [1.29, 1.82) is 0 Å². The Morgan fingerprint density at radius 2 is 1.93 bits per heavy atom. The summed E-state index contributed by atoms with van der Waals surface area (Å²) in [5.74, 6) is 0.194. The maximum atomic E-state index is 12.4. The molecule has 7 nitrogen and oxygen atoms in total. The van der Waals surface area contributed by atoms with Gasteiger partial charge in [0.1, 0.15) is 0 Å². The van der Waals surface area contributed by atoms with Crippen LogP contribution < -0.4 is 5.32 Å². The number of hydrogen-bond acceptors (Lipinski definition) is 5. The van der Waals surface area contributed by atoms with E-state index < -0.39 is 0 Å². The summed E-state index contributed by atoms with van der Waals surface area (Å²) in [4.78, 5) is 16.4. The first-order valence-electron chi connectivity index (χ1n) is 9.61. The molecule has 27 heavy (non-hydrogen) atoms. The third-order valence-corrected chi connectivity index (χ3v) is 4.81. The smallest absolute Gasteiger partial charge is 0.223 e. The summed E-state index contributed by atoms with van der Waals surface area (Å²) in [5, 5.41) is 17.1. The number of rotatable bonds is 9. The van der Waals surface area contributed by atoms with Crippen LogP contribution in [0.1, 0.15) is 17.5 Å². The summed E-state index contributed by atoms with van der Waals surface area (Å²) in [6, 6.07) is 10.2. The molecule has 0 aliphatic carbocycles. The number of piperazine rings is 1. The first-order chi connectivity index (χ1) is 13.2. The fraction of sp³-hybridized carbons (Fsp3) is 0.500. The van der Waals surface area contributed by atoms with Crippen molar-refractivity contribution in [2.75, 3.05) is 45.9 Å². The van der Waals surface area contributed by atoms with Crippen LogP contribution in [0.4, 0.5) is 0 Å². The lowest BCUT2D eigenvalue weighted by Crippen LogP contribution is -2.47. The molecular formula is C20H29N5O2. The molecule has 1 amide bonds. The first kappa shape index (κ1) is 19.5. The second kappa shape index (κ2) is 10.2. The Hall–Kier alpha value is -2.22. The molecule has 1 fully saturated rings. The van der Waals surface area contributed by atoms with Crippen molar-refractivity contribution in [2.45, 2.75) is 19.5 Å². The maximum absolute atomic E-state index is 12.4. The molecule has 2 N–H and O–H groups in total. The second-order valence-electron chi connectivity index (χ2n) is 6.91. The average Bonchev–Trinajstić information content (AvgIpc) is 3.14. The fourth-order valence-electron chi connectivity index (χ4n) is 3.34. The Balaban J connectivity index is 1.50. The maximum Gasteiger partial charge on any atom is 0.223 e. The predicted molar refractivity (Wildman–Crippen MR) is 104 cm³/mol. The number of nitrogens with one attached hydrogen (secondary N) is 1. The van der Waals surface area contributed by atoms with Gasteiger partial charge in [-0.2, -0.15) is 5.10 Å². The Labute approximate surface area is 160 Å². The van der Waals surface area contributed by atoms with E-state index in [2.05, 4.69) is 27.4 Å². The standard InChI is InChI=1S/C20H29N5O2/c26-13-12-23(9-6-20(27)24-10-7-21-8-11-24)15-19-14-22-25(17-19)16-18-4-2-1-3-5-18/h1-5,14,17,21,26H,6-13,15-16H2. The van der Waals surface area contributed by atoms with E-state index in [0.717, 1.165) is 38.3 Å². The molecule has 146 valence electrons. The number of aliphatic hydroxyl groups excluding tert-OH is 1. The quantitative estimate of drug-likeness (QED) is 0.673. The minimum absolute atomic E-state index is 0.0833. The van der Waals surface area contributed by atoms with E-state index in [-0.39, 0.29) is 12.5 Å². The van der Waals surface area contributed by atoms with E-state index in [4.69, 9.17) is 0 Å². The molecule has 2 heterocycles. The van der Waals surface area contributed by atoms with Gasteiger partial charge in [0.2, 0.25) is 5.91 Å². The topological polar surface area (TPSA) is 73.6 Å². The monoisotopic (exact) mass is 371 g/mol. The number of aromatic nitrogens is 2. The molecule has 1 aromatic heterocycles. The van der Waals surface area contributed by atoms with Crippen molar-refractivity contribution in [3.05, 3.63) is 53.9 Å². The third kappa shape index (κ3) is 6.16. The van der Waals surface area contributed by atoms with Gasteiger partial charge >= 0.3 is 0 Å². The van der Waals surface area contributed by atoms with Crippen molar-refractivity contribution >= 4 is 5.91 Å². The number of nitrogens with zero attached hydrogens (tertiary/aromatic N) is 4. The van der Waals surface area contributed by atoms with Crippen LogP contribution in [-0.4, -0.2) is 76.5 Å². The largest absolute Gasteiger partial charge is 0.395 e. The molecule has 0 bridgehead atoms. The zero-order valence-corrected chi connectivity index (χ0v) is 15.8. The Kier molecular flexibility index (Phi) is 7.38. The molecule has 7 heteroatoms. The average molecular weight is 371 g/mol. The first-order valence-corrected chi connectivity index (χ1v) is 9.61. The van der Waals surface area contributed by atoms with Gasteiger partial charge in [-0.3, -0.25) is 14.4 Å². The van der Waals surface area contributed by atoms with Crippen molar-refractivity contribution < 1.29 is 9.90 Å². The number of hydrogen-bond donors (Lipinski definition) is 2. The molecular weight excluding hydrogens is 342 g/mol. The third-order valence-electron chi connectivity index (χ3n) is 4.81. The zero-order chi connectivity index (χ0) is 18.9. The van der Waals surface area contributed by atoms with Crippen molar-refractivity contribution in [2.24, 2.45) is 0 Å². The molecule has 0 saturated carbocycles. The van der Waals surface area contributed by atoms with Crippen molar-refractivity contribution in [1.82, 2.24) is 24.9 Å². The highest BCUT2D eigenvalue weighted by molar-refractivity contribution is 5.76. The molecule has 2 aromatic rings. The Morgan fingerprint density at radius 1 is 1.15 bits per heavy atom. The highest BCUT2D eigenvalue weighted by Gasteiger charge is 2.17. The van der Waals surface area contributed by atoms with Crippen molar-refractivity contribution in [3.63, 3.8) is 0 Å². The van der Waals surface area contributed by atoms with E-state index in [1.54, 1.807) is 0 Å². The van der Waals surface area contributed by atoms with Gasteiger partial charge in [-0.15, -0.1) is 0 Å². The van der Waals surface area contributed by atoms with Gasteiger partial charge in [-0.1, -0.05) is 30.3 Å². The van der Waals surface area contributed by atoms with E-state index >= 15 is 0 Å². The van der Waals surface area contributed by atoms with Gasteiger partial charge in [-0.05, 0) is 5.56 Å². The Bertz CT molecular complexity index is 697. The summed E-state index contributed by atoms with van der Waals surface area (Å²) in [6.07, 6.45) is 4.39. The lowest BCUT2D eigenvalue weighted by atomic mass is 10.2. The van der Waals surface area contributed by atoms with Gasteiger partial charge in [0, 0.05) is 64.0 Å². The minimum atomic E-state index is 0.0833. The van der Waals surface area contributed by atoms with E-state index in [0.29, 0.717) is 26.1 Å². The number of carbonyl (C=O) groups excluding carboxylic acids is 1. The molecule has 0 unspecified atom stereocenters. The Morgan fingerprint density at radius 3 is 2.67 bits per heavy atom. The highest BCUT2D eigenvalue weighted by atomic mass is 16.3. The molecule has 1 aliphatic rings. The van der Waals surface area contributed by atoms with E-state index in [1.807, 2.05) is 40.2 Å².